The van der Waals surface area contributed by atoms with Crippen molar-refractivity contribution in [3.8, 4) is 11.5 Å². The molecule has 0 amide bonds. The molecule has 0 unspecified atom stereocenters. The zero-order chi connectivity index (χ0) is 23.6. The van der Waals surface area contributed by atoms with Crippen molar-refractivity contribution in [2.24, 2.45) is 0 Å². The number of aromatic nitrogens is 1. The minimum absolute atomic E-state index is 0.303. The lowest BCUT2D eigenvalue weighted by molar-refractivity contribution is 0.00578. The van der Waals surface area contributed by atoms with Crippen molar-refractivity contribution >= 4 is 30.2 Å². The lowest BCUT2D eigenvalue weighted by Crippen LogP contribution is -2.41. The normalized spacial score (nSPS) is 16.6. The van der Waals surface area contributed by atoms with Crippen LogP contribution in [0, 0.1) is 6.92 Å². The number of hydrogen-bond donors (Lipinski definition) is 0. The van der Waals surface area contributed by atoms with E-state index >= 15 is 0 Å². The largest absolute Gasteiger partial charge is 0.495 e. The van der Waals surface area contributed by atoms with Crippen LogP contribution in [-0.4, -0.2) is 29.6 Å². The highest BCUT2D eigenvalue weighted by atomic mass is 32.1. The summed E-state index contributed by atoms with van der Waals surface area (Å²) in [5.41, 5.74) is 2.78. The van der Waals surface area contributed by atoms with E-state index in [1.54, 1.807) is 24.4 Å². The van der Waals surface area contributed by atoms with Gasteiger partial charge in [-0.15, -0.1) is 11.3 Å². The summed E-state index contributed by atoms with van der Waals surface area (Å²) in [5.74, 6) is 1.09. The Morgan fingerprint density at radius 1 is 1.06 bits per heavy atom. The molecule has 6 nitrogen and oxygen atoms in total. The third-order valence-corrected chi connectivity index (χ3v) is 7.09. The van der Waals surface area contributed by atoms with Gasteiger partial charge in [-0.3, -0.25) is 4.79 Å². The summed E-state index contributed by atoms with van der Waals surface area (Å²) >= 11 is 1.50. The average molecular weight is 465 g/mol. The standard InChI is InChI=1S/C25H28BNO5S/c1-17-19(7-6-8-21(17)26-31-24(2,3)25(4,5)32-26)15-29-20-10-9-18(14-28)22(13-20)30-16-23-27-11-12-33-23/h6-14H,15-16H2,1-5H3. The number of nitrogens with zero attached hydrogens (tertiary/aromatic N) is 1. The summed E-state index contributed by atoms with van der Waals surface area (Å²) in [4.78, 5) is 15.6. The number of thiazole rings is 1. The van der Waals surface area contributed by atoms with Crippen LogP contribution in [0.1, 0.15) is 54.2 Å². The van der Waals surface area contributed by atoms with E-state index in [4.69, 9.17) is 18.8 Å². The van der Waals surface area contributed by atoms with Crippen LogP contribution >= 0.6 is 11.3 Å². The van der Waals surface area contributed by atoms with E-state index < -0.39 is 18.3 Å². The molecule has 172 valence electrons. The van der Waals surface area contributed by atoms with E-state index in [2.05, 4.69) is 11.9 Å². The molecule has 0 N–H and O–H groups in total. The Morgan fingerprint density at radius 2 is 1.82 bits per heavy atom. The van der Waals surface area contributed by atoms with E-state index in [9.17, 15) is 4.79 Å². The monoisotopic (exact) mass is 465 g/mol. The first kappa shape index (κ1) is 23.5. The predicted molar refractivity (Wildman–Crippen MR) is 130 cm³/mol. The Hall–Kier alpha value is -2.68. The molecular weight excluding hydrogens is 437 g/mol. The Labute approximate surface area is 199 Å². The highest BCUT2D eigenvalue weighted by molar-refractivity contribution is 7.09. The van der Waals surface area contributed by atoms with Crippen LogP contribution in [0.25, 0.3) is 0 Å². The Bertz CT molecular complexity index is 1110. The Balaban J connectivity index is 1.48. The smallest absolute Gasteiger partial charge is 0.489 e. The summed E-state index contributed by atoms with van der Waals surface area (Å²) < 4.78 is 24.3. The van der Waals surface area contributed by atoms with Crippen LogP contribution in [0.5, 0.6) is 11.5 Å². The molecule has 2 heterocycles. The molecule has 0 atom stereocenters. The van der Waals surface area contributed by atoms with Gasteiger partial charge in [0, 0.05) is 17.6 Å². The second-order valence-electron chi connectivity index (χ2n) is 9.04. The van der Waals surface area contributed by atoms with Gasteiger partial charge in [0.15, 0.2) is 6.29 Å². The lowest BCUT2D eigenvalue weighted by atomic mass is 9.75. The van der Waals surface area contributed by atoms with E-state index in [0.29, 0.717) is 30.3 Å². The van der Waals surface area contributed by atoms with Crippen molar-refractivity contribution < 1.29 is 23.6 Å². The lowest BCUT2D eigenvalue weighted by Gasteiger charge is -2.32. The molecule has 1 aliphatic rings. The van der Waals surface area contributed by atoms with Crippen LogP contribution in [0.15, 0.2) is 48.0 Å². The SMILES string of the molecule is Cc1c(COc2ccc(C=O)c(OCc3nccs3)c2)cccc1B1OC(C)(C)C(C)(C)O1. The third-order valence-electron chi connectivity index (χ3n) is 6.34. The maximum absolute atomic E-state index is 11.4. The quantitative estimate of drug-likeness (QED) is 0.354. The minimum atomic E-state index is -0.423. The summed E-state index contributed by atoms with van der Waals surface area (Å²) in [6.45, 7) is 10.9. The van der Waals surface area contributed by atoms with Crippen molar-refractivity contribution in [1.82, 2.24) is 4.98 Å². The molecule has 0 aliphatic carbocycles. The van der Waals surface area contributed by atoms with Crippen LogP contribution in [0.3, 0.4) is 0 Å². The molecule has 1 fully saturated rings. The van der Waals surface area contributed by atoms with E-state index in [0.717, 1.165) is 27.9 Å². The van der Waals surface area contributed by atoms with Crippen molar-refractivity contribution in [2.45, 2.75) is 59.0 Å². The number of carbonyl (C=O) groups excluding carboxylic acids is 1. The zero-order valence-corrected chi connectivity index (χ0v) is 20.4. The molecule has 0 spiro atoms. The number of benzene rings is 2. The fraction of sp³-hybridized carbons (Fsp3) is 0.360. The van der Waals surface area contributed by atoms with Gasteiger partial charge in [-0.05, 0) is 63.3 Å². The van der Waals surface area contributed by atoms with Gasteiger partial charge in [0.05, 0.1) is 16.8 Å². The fourth-order valence-electron chi connectivity index (χ4n) is 3.54. The van der Waals surface area contributed by atoms with Gasteiger partial charge in [-0.1, -0.05) is 18.2 Å². The highest BCUT2D eigenvalue weighted by Crippen LogP contribution is 2.37. The van der Waals surface area contributed by atoms with Crippen molar-refractivity contribution in [3.63, 3.8) is 0 Å². The molecule has 0 saturated carbocycles. The van der Waals surface area contributed by atoms with E-state index in [1.807, 2.05) is 51.3 Å². The topological polar surface area (TPSA) is 66.9 Å². The average Bonchev–Trinajstić information content (AvgIpc) is 3.36. The first-order valence-corrected chi connectivity index (χ1v) is 11.8. The van der Waals surface area contributed by atoms with Gasteiger partial charge >= 0.3 is 7.12 Å². The summed E-state index contributed by atoms with van der Waals surface area (Å²) in [6, 6.07) is 11.3. The zero-order valence-electron chi connectivity index (χ0n) is 19.6. The molecule has 1 saturated heterocycles. The Morgan fingerprint density at radius 3 is 2.48 bits per heavy atom. The van der Waals surface area contributed by atoms with Gasteiger partial charge in [-0.2, -0.15) is 0 Å². The van der Waals surface area contributed by atoms with Gasteiger partial charge in [0.1, 0.15) is 29.7 Å². The maximum atomic E-state index is 11.4. The molecule has 0 radical (unpaired) electrons. The van der Waals surface area contributed by atoms with Gasteiger partial charge < -0.3 is 18.8 Å². The van der Waals surface area contributed by atoms with E-state index in [-0.39, 0.29) is 0 Å². The summed E-state index contributed by atoms with van der Waals surface area (Å²) in [5, 5.41) is 2.73. The molecular formula is C25H28BNO5S. The molecule has 2 aromatic carbocycles. The number of rotatable bonds is 8. The first-order valence-electron chi connectivity index (χ1n) is 10.9. The van der Waals surface area contributed by atoms with Gasteiger partial charge in [0.2, 0.25) is 0 Å². The van der Waals surface area contributed by atoms with Crippen molar-refractivity contribution in [1.29, 1.82) is 0 Å². The van der Waals surface area contributed by atoms with Crippen molar-refractivity contribution in [2.75, 3.05) is 0 Å². The summed E-state index contributed by atoms with van der Waals surface area (Å²) in [6.07, 6.45) is 2.50. The van der Waals surface area contributed by atoms with Gasteiger partial charge in [0.25, 0.3) is 0 Å². The molecule has 4 rings (SSSR count). The molecule has 3 aromatic rings. The van der Waals surface area contributed by atoms with Crippen LogP contribution in [-0.2, 0) is 22.5 Å². The van der Waals surface area contributed by atoms with Gasteiger partial charge in [-0.25, -0.2) is 4.98 Å². The molecule has 33 heavy (non-hydrogen) atoms. The Kier molecular flexibility index (Phi) is 6.61. The predicted octanol–water partition coefficient (Wildman–Crippen LogP) is 4.72. The highest BCUT2D eigenvalue weighted by Gasteiger charge is 2.52. The second kappa shape index (κ2) is 9.29. The molecule has 1 aromatic heterocycles. The van der Waals surface area contributed by atoms with Crippen LogP contribution in [0.4, 0.5) is 0 Å². The number of hydrogen-bond acceptors (Lipinski definition) is 7. The molecule has 1 aliphatic heterocycles. The number of ether oxygens (including phenoxy) is 2. The number of carbonyl (C=O) groups is 1. The first-order chi connectivity index (χ1) is 15.7. The second-order valence-corrected chi connectivity index (χ2v) is 10.0. The maximum Gasteiger partial charge on any atom is 0.495 e. The molecule has 0 bridgehead atoms. The third kappa shape index (κ3) is 4.98. The van der Waals surface area contributed by atoms with Crippen molar-refractivity contribution in [3.05, 3.63) is 69.7 Å². The van der Waals surface area contributed by atoms with Crippen LogP contribution < -0.4 is 14.9 Å². The minimum Gasteiger partial charge on any atom is -0.489 e. The fourth-order valence-corrected chi connectivity index (χ4v) is 4.06. The van der Waals surface area contributed by atoms with Crippen LogP contribution in [0.2, 0.25) is 0 Å². The number of aldehydes is 1. The molecule has 8 heteroatoms. The summed E-state index contributed by atoms with van der Waals surface area (Å²) in [7, 11) is -0.423. The van der Waals surface area contributed by atoms with E-state index in [1.165, 1.54) is 11.3 Å².